The Morgan fingerprint density at radius 1 is 1.14 bits per heavy atom. The minimum Gasteiger partial charge on any atom is -0.497 e. The van der Waals surface area contributed by atoms with Crippen LogP contribution in [0.4, 0.5) is 11.4 Å². The van der Waals surface area contributed by atoms with E-state index in [0.717, 1.165) is 6.26 Å². The van der Waals surface area contributed by atoms with E-state index in [1.807, 2.05) is 19.1 Å². The van der Waals surface area contributed by atoms with Gasteiger partial charge < -0.3 is 14.8 Å². The van der Waals surface area contributed by atoms with Crippen LogP contribution in [0.25, 0.3) is 0 Å². The van der Waals surface area contributed by atoms with Gasteiger partial charge in [0.25, 0.3) is 0 Å². The van der Waals surface area contributed by atoms with Crippen molar-refractivity contribution in [1.29, 1.82) is 0 Å². The Labute approximate surface area is 166 Å². The SMILES string of the molecule is CCOc1ccccc1NC(=O)CCCN(c1cccc(OC)c1)S(C)(=O)=O. The second-order valence-corrected chi connectivity index (χ2v) is 8.02. The van der Waals surface area contributed by atoms with Gasteiger partial charge in [-0.3, -0.25) is 9.10 Å². The molecule has 1 amide bonds. The normalized spacial score (nSPS) is 11.0. The highest BCUT2D eigenvalue weighted by Gasteiger charge is 2.18. The number of hydrogen-bond acceptors (Lipinski definition) is 5. The standard InChI is InChI=1S/C20H26N2O5S/c1-4-27-19-12-6-5-11-18(19)21-20(23)13-8-14-22(28(3,24)25)16-9-7-10-17(15-16)26-2/h5-7,9-12,15H,4,8,13-14H2,1-3H3,(H,21,23). The van der Waals surface area contributed by atoms with E-state index >= 15 is 0 Å². The van der Waals surface area contributed by atoms with Crippen molar-refractivity contribution in [3.8, 4) is 11.5 Å². The van der Waals surface area contributed by atoms with Crippen molar-refractivity contribution < 1.29 is 22.7 Å². The average molecular weight is 407 g/mol. The van der Waals surface area contributed by atoms with Crippen LogP contribution in [0.15, 0.2) is 48.5 Å². The summed E-state index contributed by atoms with van der Waals surface area (Å²) in [6.45, 7) is 2.56. The number of amides is 1. The first-order valence-electron chi connectivity index (χ1n) is 8.98. The van der Waals surface area contributed by atoms with Gasteiger partial charge in [0.15, 0.2) is 0 Å². The number of nitrogens with one attached hydrogen (secondary N) is 1. The monoisotopic (exact) mass is 406 g/mol. The van der Waals surface area contributed by atoms with E-state index in [9.17, 15) is 13.2 Å². The molecule has 2 rings (SSSR count). The number of ether oxygens (including phenoxy) is 2. The zero-order valence-corrected chi connectivity index (χ0v) is 17.2. The van der Waals surface area contributed by atoms with E-state index in [-0.39, 0.29) is 18.9 Å². The first kappa shape index (κ1) is 21.6. The van der Waals surface area contributed by atoms with Gasteiger partial charge in [0, 0.05) is 19.0 Å². The highest BCUT2D eigenvalue weighted by atomic mass is 32.2. The van der Waals surface area contributed by atoms with Gasteiger partial charge in [0.1, 0.15) is 11.5 Å². The van der Waals surface area contributed by atoms with Gasteiger partial charge in [-0.25, -0.2) is 8.42 Å². The minimum atomic E-state index is -3.49. The maximum atomic E-state index is 12.3. The number of benzene rings is 2. The lowest BCUT2D eigenvalue weighted by Gasteiger charge is -2.22. The molecule has 152 valence electrons. The molecule has 0 unspecified atom stereocenters. The van der Waals surface area contributed by atoms with Crippen molar-refractivity contribution in [2.75, 3.05) is 36.1 Å². The summed E-state index contributed by atoms with van der Waals surface area (Å²) < 4.78 is 36.3. The molecule has 0 saturated heterocycles. The second kappa shape index (κ2) is 9.98. The molecule has 0 aliphatic carbocycles. The lowest BCUT2D eigenvalue weighted by atomic mass is 10.2. The fourth-order valence-corrected chi connectivity index (χ4v) is 3.66. The molecule has 2 aromatic carbocycles. The van der Waals surface area contributed by atoms with E-state index in [1.54, 1.807) is 36.4 Å². The molecule has 0 aliphatic rings. The molecule has 0 aromatic heterocycles. The maximum Gasteiger partial charge on any atom is 0.232 e. The smallest absolute Gasteiger partial charge is 0.232 e. The van der Waals surface area contributed by atoms with Crippen LogP contribution in [0, 0.1) is 0 Å². The topological polar surface area (TPSA) is 84.9 Å². The Balaban J connectivity index is 2.00. The van der Waals surface area contributed by atoms with Gasteiger partial charge in [0.05, 0.1) is 31.3 Å². The minimum absolute atomic E-state index is 0.177. The number of sulfonamides is 1. The molecule has 0 fully saturated rings. The first-order valence-corrected chi connectivity index (χ1v) is 10.8. The molecule has 0 bridgehead atoms. The van der Waals surface area contributed by atoms with E-state index in [4.69, 9.17) is 9.47 Å². The summed E-state index contributed by atoms with van der Waals surface area (Å²) in [5.41, 5.74) is 1.10. The predicted octanol–water partition coefficient (Wildman–Crippen LogP) is 3.28. The van der Waals surface area contributed by atoms with Crippen molar-refractivity contribution in [2.45, 2.75) is 19.8 Å². The summed E-state index contributed by atoms with van der Waals surface area (Å²) in [5.74, 6) is 0.968. The molecule has 7 nitrogen and oxygen atoms in total. The van der Waals surface area contributed by atoms with Crippen LogP contribution in [0.5, 0.6) is 11.5 Å². The largest absolute Gasteiger partial charge is 0.497 e. The molecule has 0 heterocycles. The second-order valence-electron chi connectivity index (χ2n) is 6.12. The van der Waals surface area contributed by atoms with Gasteiger partial charge in [0.2, 0.25) is 15.9 Å². The average Bonchev–Trinajstić information content (AvgIpc) is 2.66. The highest BCUT2D eigenvalue weighted by molar-refractivity contribution is 7.92. The number of anilines is 2. The molecule has 0 radical (unpaired) electrons. The fraction of sp³-hybridized carbons (Fsp3) is 0.350. The molecule has 1 N–H and O–H groups in total. The van der Waals surface area contributed by atoms with Crippen molar-refractivity contribution in [3.05, 3.63) is 48.5 Å². The zero-order valence-electron chi connectivity index (χ0n) is 16.3. The van der Waals surface area contributed by atoms with E-state index in [2.05, 4.69) is 5.32 Å². The van der Waals surface area contributed by atoms with Crippen LogP contribution < -0.4 is 19.1 Å². The van der Waals surface area contributed by atoms with Gasteiger partial charge >= 0.3 is 0 Å². The van der Waals surface area contributed by atoms with Crippen molar-refractivity contribution in [1.82, 2.24) is 0 Å². The number of hydrogen-bond donors (Lipinski definition) is 1. The van der Waals surface area contributed by atoms with Crippen LogP contribution in [0.2, 0.25) is 0 Å². The molecule has 0 atom stereocenters. The Morgan fingerprint density at radius 2 is 1.89 bits per heavy atom. The predicted molar refractivity (Wildman–Crippen MR) is 111 cm³/mol. The van der Waals surface area contributed by atoms with Gasteiger partial charge in [-0.2, -0.15) is 0 Å². The van der Waals surface area contributed by atoms with Gasteiger partial charge in [-0.05, 0) is 37.6 Å². The number of methoxy groups -OCH3 is 1. The third-order valence-electron chi connectivity index (χ3n) is 3.97. The highest BCUT2D eigenvalue weighted by Crippen LogP contribution is 2.25. The van der Waals surface area contributed by atoms with Crippen LogP contribution in [0.1, 0.15) is 19.8 Å². The number of nitrogens with zero attached hydrogens (tertiary/aromatic N) is 1. The third-order valence-corrected chi connectivity index (χ3v) is 5.16. The van der Waals surface area contributed by atoms with E-state index in [0.29, 0.717) is 35.9 Å². The summed E-state index contributed by atoms with van der Waals surface area (Å²) in [4.78, 5) is 12.3. The molecule has 8 heteroatoms. The summed E-state index contributed by atoms with van der Waals surface area (Å²) in [6, 6.07) is 14.0. The Kier molecular flexibility index (Phi) is 7.69. The summed E-state index contributed by atoms with van der Waals surface area (Å²) in [7, 11) is -1.97. The summed E-state index contributed by atoms with van der Waals surface area (Å²) >= 11 is 0. The zero-order chi connectivity index (χ0) is 20.6. The van der Waals surface area contributed by atoms with E-state index < -0.39 is 10.0 Å². The van der Waals surface area contributed by atoms with Crippen LogP contribution in [-0.4, -0.2) is 40.8 Å². The number of carbonyl (C=O) groups is 1. The maximum absolute atomic E-state index is 12.3. The number of rotatable bonds is 10. The molecular weight excluding hydrogens is 380 g/mol. The summed E-state index contributed by atoms with van der Waals surface area (Å²) in [5, 5.41) is 2.81. The lowest BCUT2D eigenvalue weighted by molar-refractivity contribution is -0.116. The fourth-order valence-electron chi connectivity index (χ4n) is 2.70. The molecule has 0 spiro atoms. The van der Waals surface area contributed by atoms with Gasteiger partial charge in [-0.15, -0.1) is 0 Å². The lowest BCUT2D eigenvalue weighted by Crippen LogP contribution is -2.31. The summed E-state index contributed by atoms with van der Waals surface area (Å²) in [6.07, 6.45) is 1.69. The van der Waals surface area contributed by atoms with E-state index in [1.165, 1.54) is 11.4 Å². The third kappa shape index (κ3) is 6.16. The Bertz CT molecular complexity index is 899. The van der Waals surface area contributed by atoms with Crippen molar-refractivity contribution in [3.63, 3.8) is 0 Å². The number of para-hydroxylation sites is 2. The molecular formula is C20H26N2O5S. The van der Waals surface area contributed by atoms with Gasteiger partial charge in [-0.1, -0.05) is 18.2 Å². The Hall–Kier alpha value is -2.74. The van der Waals surface area contributed by atoms with Crippen LogP contribution >= 0.6 is 0 Å². The molecule has 28 heavy (non-hydrogen) atoms. The van der Waals surface area contributed by atoms with Crippen molar-refractivity contribution >= 4 is 27.3 Å². The van der Waals surface area contributed by atoms with Crippen molar-refractivity contribution in [2.24, 2.45) is 0 Å². The quantitative estimate of drug-likeness (QED) is 0.655. The molecule has 2 aromatic rings. The van der Waals surface area contributed by atoms with Crippen LogP contribution in [0.3, 0.4) is 0 Å². The molecule has 0 saturated carbocycles. The molecule has 0 aliphatic heterocycles. The first-order chi connectivity index (χ1) is 13.3. The number of carbonyl (C=O) groups excluding carboxylic acids is 1. The Morgan fingerprint density at radius 3 is 2.57 bits per heavy atom. The van der Waals surface area contributed by atoms with Crippen LogP contribution in [-0.2, 0) is 14.8 Å².